The van der Waals surface area contributed by atoms with Crippen LogP contribution in [0.15, 0.2) is 46.9 Å². The number of thiophene rings is 1. The predicted octanol–water partition coefficient (Wildman–Crippen LogP) is 5.69. The second-order valence-electron chi connectivity index (χ2n) is 7.09. The zero-order valence-electron chi connectivity index (χ0n) is 15.0. The number of hydrogen-bond donors (Lipinski definition) is 2. The molecule has 0 bridgehead atoms. The Morgan fingerprint density at radius 1 is 1.04 bits per heavy atom. The van der Waals surface area contributed by atoms with E-state index in [2.05, 4.69) is 47.6 Å². The third-order valence-electron chi connectivity index (χ3n) is 4.07. The minimum absolute atomic E-state index is 0.0417. The first-order valence-electron chi connectivity index (χ1n) is 8.26. The summed E-state index contributed by atoms with van der Waals surface area (Å²) in [6.45, 7) is 6.30. The van der Waals surface area contributed by atoms with Crippen LogP contribution in [0.5, 0.6) is 0 Å². The fraction of sp³-hybridized carbons (Fsp3) is 0.200. The third-order valence-corrected chi connectivity index (χ3v) is 6.40. The number of fused-ring (bicyclic) bond motifs is 1. The number of rotatable bonds is 2. The van der Waals surface area contributed by atoms with E-state index in [9.17, 15) is 9.59 Å². The lowest BCUT2D eigenvalue weighted by atomic mass is 9.86. The molecule has 0 spiro atoms. The topological polar surface area (TPSA) is 58.2 Å². The SMILES string of the molecule is CC(C)(C)c1ccc(C(=O)NNC(=O)c2sc3ccccc3c2Cl)cc1Br. The van der Waals surface area contributed by atoms with Crippen molar-refractivity contribution < 1.29 is 9.59 Å². The molecule has 0 unspecified atom stereocenters. The van der Waals surface area contributed by atoms with E-state index < -0.39 is 11.8 Å². The Morgan fingerprint density at radius 3 is 2.33 bits per heavy atom. The molecule has 0 fully saturated rings. The maximum absolute atomic E-state index is 12.4. The van der Waals surface area contributed by atoms with Crippen molar-refractivity contribution in [3.63, 3.8) is 0 Å². The van der Waals surface area contributed by atoms with Gasteiger partial charge in [-0.15, -0.1) is 11.3 Å². The molecule has 27 heavy (non-hydrogen) atoms. The molecule has 2 N–H and O–H groups in total. The number of carbonyl (C=O) groups is 2. The van der Waals surface area contributed by atoms with E-state index in [0.717, 1.165) is 20.1 Å². The molecule has 0 aliphatic heterocycles. The summed E-state index contributed by atoms with van der Waals surface area (Å²) < 4.78 is 1.77. The van der Waals surface area contributed by atoms with E-state index in [1.165, 1.54) is 11.3 Å². The fourth-order valence-electron chi connectivity index (χ4n) is 2.67. The highest BCUT2D eigenvalue weighted by Crippen LogP contribution is 2.35. The van der Waals surface area contributed by atoms with Gasteiger partial charge in [0.25, 0.3) is 11.8 Å². The van der Waals surface area contributed by atoms with Gasteiger partial charge in [-0.3, -0.25) is 20.4 Å². The highest BCUT2D eigenvalue weighted by Gasteiger charge is 2.20. The number of halogens is 2. The lowest BCUT2D eigenvalue weighted by molar-refractivity contribution is 0.0849. The van der Waals surface area contributed by atoms with Crippen molar-refractivity contribution in [3.05, 3.63) is 68.0 Å². The Kier molecular flexibility index (Phi) is 5.60. The predicted molar refractivity (Wildman–Crippen MR) is 115 cm³/mol. The van der Waals surface area contributed by atoms with Crippen LogP contribution in [0.3, 0.4) is 0 Å². The zero-order chi connectivity index (χ0) is 19.8. The summed E-state index contributed by atoms with van der Waals surface area (Å²) in [6, 6.07) is 12.9. The summed E-state index contributed by atoms with van der Waals surface area (Å²) in [5.74, 6) is -0.846. The number of nitrogens with one attached hydrogen (secondary N) is 2. The summed E-state index contributed by atoms with van der Waals surface area (Å²) in [7, 11) is 0. The van der Waals surface area contributed by atoms with Gasteiger partial charge in [0.05, 0.1) is 5.02 Å². The van der Waals surface area contributed by atoms with Crippen molar-refractivity contribution in [2.75, 3.05) is 0 Å². The summed E-state index contributed by atoms with van der Waals surface area (Å²) in [4.78, 5) is 25.2. The molecule has 140 valence electrons. The van der Waals surface area contributed by atoms with Crippen LogP contribution in [-0.2, 0) is 5.41 Å². The number of hydrazine groups is 1. The molecule has 0 aliphatic carbocycles. The molecule has 0 radical (unpaired) electrons. The van der Waals surface area contributed by atoms with Crippen LogP contribution >= 0.6 is 38.9 Å². The van der Waals surface area contributed by atoms with Crippen LogP contribution in [0.1, 0.15) is 46.4 Å². The molecular weight excluding hydrogens is 448 g/mol. The molecule has 7 heteroatoms. The Bertz CT molecular complexity index is 1040. The van der Waals surface area contributed by atoms with Crippen molar-refractivity contribution in [3.8, 4) is 0 Å². The normalized spacial score (nSPS) is 11.4. The van der Waals surface area contributed by atoms with Crippen LogP contribution in [0.25, 0.3) is 10.1 Å². The highest BCUT2D eigenvalue weighted by atomic mass is 79.9. The Morgan fingerprint density at radius 2 is 1.70 bits per heavy atom. The van der Waals surface area contributed by atoms with Crippen molar-refractivity contribution in [2.24, 2.45) is 0 Å². The number of hydrogen-bond acceptors (Lipinski definition) is 3. The number of benzene rings is 2. The second kappa shape index (κ2) is 7.62. The maximum atomic E-state index is 12.4. The molecule has 2 amide bonds. The molecule has 4 nitrogen and oxygen atoms in total. The Hall–Kier alpha value is -1.89. The van der Waals surface area contributed by atoms with Gasteiger partial charge in [0.2, 0.25) is 0 Å². The van der Waals surface area contributed by atoms with Gasteiger partial charge in [-0.2, -0.15) is 0 Å². The quantitative estimate of drug-likeness (QED) is 0.478. The standard InChI is InChI=1S/C20H18BrClN2O2S/c1-20(2,3)13-9-8-11(10-14(13)21)18(25)23-24-19(26)17-16(22)12-6-4-5-7-15(12)27-17/h4-10H,1-3H3,(H,23,25)(H,24,26). The minimum atomic E-state index is -0.445. The average molecular weight is 466 g/mol. The monoisotopic (exact) mass is 464 g/mol. The van der Waals surface area contributed by atoms with Crippen LogP contribution in [-0.4, -0.2) is 11.8 Å². The van der Waals surface area contributed by atoms with Crippen LogP contribution in [0, 0.1) is 0 Å². The van der Waals surface area contributed by atoms with Crippen molar-refractivity contribution in [1.82, 2.24) is 10.9 Å². The molecule has 1 heterocycles. The Balaban J connectivity index is 1.72. The molecule has 0 saturated heterocycles. The van der Waals surface area contributed by atoms with Crippen molar-refractivity contribution in [2.45, 2.75) is 26.2 Å². The zero-order valence-corrected chi connectivity index (χ0v) is 18.2. The first kappa shape index (κ1) is 19.9. The van der Waals surface area contributed by atoms with E-state index in [-0.39, 0.29) is 5.41 Å². The summed E-state index contributed by atoms with van der Waals surface area (Å²) in [5, 5.41) is 1.21. The van der Waals surface area contributed by atoms with Gasteiger partial charge in [0.15, 0.2) is 0 Å². The van der Waals surface area contributed by atoms with Gasteiger partial charge in [0.1, 0.15) is 4.88 Å². The second-order valence-corrected chi connectivity index (χ2v) is 9.38. The smallest absolute Gasteiger partial charge is 0.267 e. The molecule has 1 aromatic heterocycles. The molecule has 0 aliphatic rings. The molecule has 2 aromatic carbocycles. The minimum Gasteiger partial charge on any atom is -0.267 e. The van der Waals surface area contributed by atoms with Gasteiger partial charge in [0, 0.05) is 20.1 Å². The van der Waals surface area contributed by atoms with Crippen LogP contribution in [0.2, 0.25) is 5.02 Å². The summed E-state index contributed by atoms with van der Waals surface area (Å²) in [5.41, 5.74) is 6.38. The molecular formula is C20H18BrClN2O2S. The fourth-order valence-corrected chi connectivity index (χ4v) is 5.05. The molecule has 3 aromatic rings. The first-order valence-corrected chi connectivity index (χ1v) is 10.2. The average Bonchev–Trinajstić information content (AvgIpc) is 2.95. The van der Waals surface area contributed by atoms with Gasteiger partial charge >= 0.3 is 0 Å². The lowest BCUT2D eigenvalue weighted by Gasteiger charge is -2.21. The van der Waals surface area contributed by atoms with Gasteiger partial charge in [-0.25, -0.2) is 0 Å². The van der Waals surface area contributed by atoms with Gasteiger partial charge < -0.3 is 0 Å². The van der Waals surface area contributed by atoms with Crippen LogP contribution < -0.4 is 10.9 Å². The van der Waals surface area contributed by atoms with Crippen molar-refractivity contribution in [1.29, 1.82) is 0 Å². The molecule has 0 atom stereocenters. The summed E-state index contributed by atoms with van der Waals surface area (Å²) >= 11 is 11.1. The van der Waals surface area contributed by atoms with Gasteiger partial charge in [-0.05, 0) is 29.2 Å². The molecule has 0 saturated carbocycles. The van der Waals surface area contributed by atoms with E-state index in [1.54, 1.807) is 12.1 Å². The van der Waals surface area contributed by atoms with E-state index >= 15 is 0 Å². The number of amides is 2. The van der Waals surface area contributed by atoms with E-state index in [4.69, 9.17) is 11.6 Å². The van der Waals surface area contributed by atoms with Crippen LogP contribution in [0.4, 0.5) is 0 Å². The Labute approximate surface area is 175 Å². The maximum Gasteiger partial charge on any atom is 0.281 e. The van der Waals surface area contributed by atoms with E-state index in [0.29, 0.717) is 15.5 Å². The van der Waals surface area contributed by atoms with E-state index in [1.807, 2.05) is 30.3 Å². The number of carbonyl (C=O) groups excluding carboxylic acids is 2. The third kappa shape index (κ3) is 4.18. The highest BCUT2D eigenvalue weighted by molar-refractivity contribution is 9.10. The first-order chi connectivity index (χ1) is 12.7. The largest absolute Gasteiger partial charge is 0.281 e. The van der Waals surface area contributed by atoms with Crippen molar-refractivity contribution >= 4 is 60.8 Å². The summed E-state index contributed by atoms with van der Waals surface area (Å²) in [6.07, 6.45) is 0. The van der Waals surface area contributed by atoms with Gasteiger partial charge in [-0.1, -0.05) is 72.6 Å². The molecule has 3 rings (SSSR count). The lowest BCUT2D eigenvalue weighted by Crippen LogP contribution is -2.41.